The van der Waals surface area contributed by atoms with Crippen molar-refractivity contribution in [3.63, 3.8) is 0 Å². The zero-order chi connectivity index (χ0) is 18.8. The van der Waals surface area contributed by atoms with Gasteiger partial charge in [-0.1, -0.05) is 35.9 Å². The maximum Gasteiger partial charge on any atom is 0.433 e. The molecular weight excluding hydrogens is 368 g/mol. The van der Waals surface area contributed by atoms with Crippen molar-refractivity contribution in [1.29, 1.82) is 0 Å². The Hall–Kier alpha value is -3.45. The molecule has 7 nitrogen and oxygen atoms in total. The number of fused-ring (bicyclic) bond motifs is 1. The quantitative estimate of drug-likeness (QED) is 0.277. The summed E-state index contributed by atoms with van der Waals surface area (Å²) >= 11 is 6.09. The normalized spacial score (nSPS) is 11.4. The summed E-state index contributed by atoms with van der Waals surface area (Å²) in [4.78, 5) is 19.1. The molecule has 0 saturated heterocycles. The van der Waals surface area contributed by atoms with Gasteiger partial charge in [0.2, 0.25) is 5.95 Å². The molecule has 0 aliphatic heterocycles. The number of halogens is 1. The van der Waals surface area contributed by atoms with Crippen LogP contribution in [0.3, 0.4) is 0 Å². The van der Waals surface area contributed by atoms with Crippen LogP contribution in [0.2, 0.25) is 5.02 Å². The summed E-state index contributed by atoms with van der Waals surface area (Å²) in [5.41, 5.74) is 2.74. The number of furan rings is 1. The van der Waals surface area contributed by atoms with E-state index in [9.17, 15) is 10.1 Å². The number of benzene rings is 2. The van der Waals surface area contributed by atoms with Gasteiger partial charge in [-0.3, -0.25) is 10.1 Å². The van der Waals surface area contributed by atoms with E-state index in [1.165, 1.54) is 18.3 Å². The summed E-state index contributed by atoms with van der Waals surface area (Å²) in [6, 6.07) is 18.1. The molecule has 0 aliphatic rings. The van der Waals surface area contributed by atoms with Gasteiger partial charge in [-0.05, 0) is 35.9 Å². The minimum atomic E-state index is -0.592. The summed E-state index contributed by atoms with van der Waals surface area (Å²) in [5, 5.41) is 11.4. The van der Waals surface area contributed by atoms with Crippen LogP contribution < -0.4 is 0 Å². The van der Waals surface area contributed by atoms with Crippen LogP contribution in [0.4, 0.5) is 11.8 Å². The van der Waals surface area contributed by atoms with E-state index in [2.05, 4.69) is 9.98 Å². The molecule has 27 heavy (non-hydrogen) atoms. The predicted octanol–water partition coefficient (Wildman–Crippen LogP) is 4.99. The largest absolute Gasteiger partial charge is 0.433 e. The van der Waals surface area contributed by atoms with Crippen LogP contribution in [-0.4, -0.2) is 20.7 Å². The highest BCUT2D eigenvalue weighted by atomic mass is 35.5. The lowest BCUT2D eigenvalue weighted by molar-refractivity contribution is -0.402. The van der Waals surface area contributed by atoms with Gasteiger partial charge in [0.15, 0.2) is 5.76 Å². The van der Waals surface area contributed by atoms with E-state index >= 15 is 0 Å². The van der Waals surface area contributed by atoms with Crippen LogP contribution in [-0.2, 0) is 6.54 Å². The van der Waals surface area contributed by atoms with Crippen molar-refractivity contribution < 1.29 is 9.34 Å². The number of rotatable bonds is 5. The Bertz CT molecular complexity index is 1160. The van der Waals surface area contributed by atoms with Crippen LogP contribution in [0.1, 0.15) is 11.3 Å². The lowest BCUT2D eigenvalue weighted by atomic mass is 10.2. The number of imidazole rings is 1. The molecule has 2 aromatic heterocycles. The molecule has 4 aromatic rings. The van der Waals surface area contributed by atoms with Gasteiger partial charge >= 0.3 is 5.88 Å². The number of aromatic nitrogens is 2. The summed E-state index contributed by atoms with van der Waals surface area (Å²) in [7, 11) is 0. The van der Waals surface area contributed by atoms with Gasteiger partial charge in [-0.2, -0.15) is 0 Å². The molecule has 0 unspecified atom stereocenters. The topological polar surface area (TPSA) is 86.5 Å². The van der Waals surface area contributed by atoms with Crippen LogP contribution in [0, 0.1) is 10.1 Å². The predicted molar refractivity (Wildman–Crippen MR) is 103 cm³/mol. The molecule has 8 heteroatoms. The smallest absolute Gasteiger partial charge is 0.400 e. The first-order valence-corrected chi connectivity index (χ1v) is 8.46. The number of nitrogens with zero attached hydrogens (tertiary/aromatic N) is 4. The van der Waals surface area contributed by atoms with Gasteiger partial charge in [0, 0.05) is 5.02 Å². The lowest BCUT2D eigenvalue weighted by Gasteiger charge is -2.07. The monoisotopic (exact) mass is 380 g/mol. The van der Waals surface area contributed by atoms with E-state index in [0.29, 0.717) is 17.5 Å². The molecule has 0 saturated carbocycles. The molecule has 0 N–H and O–H groups in total. The van der Waals surface area contributed by atoms with Crippen LogP contribution in [0.5, 0.6) is 0 Å². The minimum Gasteiger partial charge on any atom is -0.400 e. The van der Waals surface area contributed by atoms with E-state index in [1.807, 2.05) is 53.1 Å². The first-order valence-electron chi connectivity index (χ1n) is 8.08. The Labute approximate surface area is 158 Å². The Morgan fingerprint density at radius 3 is 2.81 bits per heavy atom. The maximum atomic E-state index is 10.7. The van der Waals surface area contributed by atoms with E-state index in [0.717, 1.165) is 16.6 Å². The lowest BCUT2D eigenvalue weighted by Crippen LogP contribution is -1.99. The zero-order valence-corrected chi connectivity index (χ0v) is 14.7. The number of hydrogen-bond acceptors (Lipinski definition) is 5. The highest BCUT2D eigenvalue weighted by molar-refractivity contribution is 6.30. The number of aliphatic imine (C=N–C) groups is 1. The molecule has 2 heterocycles. The zero-order valence-electron chi connectivity index (χ0n) is 13.9. The average Bonchev–Trinajstić information content (AvgIpc) is 3.25. The SMILES string of the molecule is O=[N+]([O-])c1ccc(/C=N/c2nc3ccccc3n2Cc2cccc(Cl)c2)o1. The van der Waals surface area contributed by atoms with Crippen molar-refractivity contribution in [2.75, 3.05) is 0 Å². The van der Waals surface area contributed by atoms with Crippen molar-refractivity contribution in [2.45, 2.75) is 6.54 Å². The summed E-state index contributed by atoms with van der Waals surface area (Å²) < 4.78 is 7.07. The molecule has 2 aromatic carbocycles. The maximum absolute atomic E-state index is 10.7. The standard InChI is InChI=1S/C19H13ClN4O3/c20-14-5-3-4-13(10-14)12-23-17-7-2-1-6-16(17)22-19(23)21-11-15-8-9-18(27-15)24(25)26/h1-11H,12H2/b21-11+. The molecule has 0 fully saturated rings. The van der Waals surface area contributed by atoms with Gasteiger partial charge in [0.25, 0.3) is 0 Å². The van der Waals surface area contributed by atoms with Crippen LogP contribution in [0.15, 0.2) is 70.1 Å². The highest BCUT2D eigenvalue weighted by Crippen LogP contribution is 2.24. The second-order valence-electron chi connectivity index (χ2n) is 5.81. The first kappa shape index (κ1) is 17.0. The van der Waals surface area contributed by atoms with Crippen LogP contribution >= 0.6 is 11.6 Å². The highest BCUT2D eigenvalue weighted by Gasteiger charge is 2.12. The van der Waals surface area contributed by atoms with Crippen molar-refractivity contribution in [2.24, 2.45) is 4.99 Å². The molecule has 134 valence electrons. The Morgan fingerprint density at radius 1 is 1.19 bits per heavy atom. The molecule has 0 amide bonds. The average molecular weight is 381 g/mol. The molecule has 0 spiro atoms. The van der Waals surface area contributed by atoms with Gasteiger partial charge < -0.3 is 8.98 Å². The van der Waals surface area contributed by atoms with Crippen molar-refractivity contribution in [3.05, 3.63) is 87.1 Å². The molecular formula is C19H13ClN4O3. The minimum absolute atomic E-state index is 0.281. The second kappa shape index (κ2) is 7.05. The molecule has 0 aliphatic carbocycles. The van der Waals surface area contributed by atoms with E-state index < -0.39 is 4.92 Å². The third kappa shape index (κ3) is 3.58. The van der Waals surface area contributed by atoms with Gasteiger partial charge in [0.1, 0.15) is 4.92 Å². The van der Waals surface area contributed by atoms with E-state index in [1.54, 1.807) is 0 Å². The van der Waals surface area contributed by atoms with Crippen molar-refractivity contribution >= 4 is 40.7 Å². The Kier molecular flexibility index (Phi) is 4.43. The summed E-state index contributed by atoms with van der Waals surface area (Å²) in [6.45, 7) is 0.534. The third-order valence-corrected chi connectivity index (χ3v) is 4.20. The van der Waals surface area contributed by atoms with Crippen molar-refractivity contribution in [3.8, 4) is 0 Å². The fourth-order valence-electron chi connectivity index (χ4n) is 2.77. The molecule has 0 bridgehead atoms. The molecule has 0 radical (unpaired) electrons. The van der Waals surface area contributed by atoms with E-state index in [-0.39, 0.29) is 11.6 Å². The van der Waals surface area contributed by atoms with Gasteiger partial charge in [0.05, 0.1) is 29.9 Å². The Morgan fingerprint density at radius 2 is 2.04 bits per heavy atom. The summed E-state index contributed by atoms with van der Waals surface area (Å²) in [6.07, 6.45) is 1.42. The molecule has 4 rings (SSSR count). The van der Waals surface area contributed by atoms with E-state index in [4.69, 9.17) is 16.0 Å². The van der Waals surface area contributed by atoms with Crippen LogP contribution in [0.25, 0.3) is 11.0 Å². The Balaban J connectivity index is 1.73. The van der Waals surface area contributed by atoms with Gasteiger partial charge in [-0.15, -0.1) is 0 Å². The number of para-hydroxylation sites is 2. The van der Waals surface area contributed by atoms with Crippen molar-refractivity contribution in [1.82, 2.24) is 9.55 Å². The number of nitro groups is 1. The van der Waals surface area contributed by atoms with Gasteiger partial charge in [-0.25, -0.2) is 9.98 Å². The third-order valence-electron chi connectivity index (χ3n) is 3.96. The fourth-order valence-corrected chi connectivity index (χ4v) is 2.98. The molecule has 0 atom stereocenters. The first-order chi connectivity index (χ1) is 13.1. The summed E-state index contributed by atoms with van der Waals surface area (Å²) in [5.74, 6) is 0.419. The number of hydrogen-bond donors (Lipinski definition) is 0. The second-order valence-corrected chi connectivity index (χ2v) is 6.24. The fraction of sp³-hybridized carbons (Fsp3) is 0.0526.